The number of fused-ring (bicyclic) bond motifs is 5. The number of halogens is 1. The minimum Gasteiger partial charge on any atom is -0.352 e. The lowest BCUT2D eigenvalue weighted by Crippen LogP contribution is -2.48. The molecule has 0 N–H and O–H groups in total. The largest absolute Gasteiger partial charge is 0.352 e. The van der Waals surface area contributed by atoms with Crippen molar-refractivity contribution in [3.05, 3.63) is 106 Å². The topological polar surface area (TPSA) is 54.5 Å². The van der Waals surface area contributed by atoms with Gasteiger partial charge < -0.3 is 4.90 Å². The number of anilines is 1. The summed E-state index contributed by atoms with van der Waals surface area (Å²) >= 11 is 6.26. The molecule has 1 fully saturated rings. The van der Waals surface area contributed by atoms with Crippen molar-refractivity contribution in [2.45, 2.75) is 31.8 Å². The Morgan fingerprint density at radius 2 is 1.59 bits per heavy atom. The fraction of sp³-hybridized carbons (Fsp3) is 0.207. The predicted octanol–water partition coefficient (Wildman–Crippen LogP) is 5.67. The second-order valence-electron chi connectivity index (χ2n) is 9.43. The zero-order valence-corrected chi connectivity index (χ0v) is 19.5. The molecule has 0 saturated carbocycles. The summed E-state index contributed by atoms with van der Waals surface area (Å²) in [4.78, 5) is 43.8. The van der Waals surface area contributed by atoms with Crippen LogP contribution in [0, 0.1) is 12.3 Å². The molecule has 2 aliphatic heterocycles. The third-order valence-electron chi connectivity index (χ3n) is 7.62. The first-order valence-electron chi connectivity index (χ1n) is 11.4. The van der Waals surface area contributed by atoms with E-state index in [1.54, 1.807) is 37.3 Å². The van der Waals surface area contributed by atoms with Gasteiger partial charge in [-0.15, -0.1) is 0 Å². The Morgan fingerprint density at radius 3 is 2.21 bits per heavy atom. The average molecular weight is 468 g/mol. The fourth-order valence-electron chi connectivity index (χ4n) is 6.25. The van der Waals surface area contributed by atoms with Crippen molar-refractivity contribution in [2.24, 2.45) is 5.41 Å². The number of carbonyl (C=O) groups excluding carboxylic acids is 3. The zero-order chi connectivity index (χ0) is 23.8. The lowest BCUT2D eigenvalue weighted by molar-refractivity contribution is -0.118. The minimum atomic E-state index is -1.43. The quantitative estimate of drug-likeness (QED) is 0.455. The van der Waals surface area contributed by atoms with Crippen molar-refractivity contribution in [1.29, 1.82) is 0 Å². The Bertz CT molecular complexity index is 1390. The van der Waals surface area contributed by atoms with Crippen LogP contribution >= 0.6 is 11.6 Å². The van der Waals surface area contributed by atoms with Gasteiger partial charge in [0.1, 0.15) is 5.41 Å². The Kier molecular flexibility index (Phi) is 4.49. The molecule has 1 spiro atoms. The lowest BCUT2D eigenvalue weighted by Gasteiger charge is -2.37. The van der Waals surface area contributed by atoms with E-state index in [-0.39, 0.29) is 17.3 Å². The molecule has 6 rings (SSSR count). The molecule has 3 aromatic carbocycles. The minimum absolute atomic E-state index is 0.0831. The molecular formula is C29H22ClNO3. The van der Waals surface area contributed by atoms with E-state index < -0.39 is 23.4 Å². The van der Waals surface area contributed by atoms with Crippen molar-refractivity contribution >= 4 is 40.7 Å². The van der Waals surface area contributed by atoms with Crippen LogP contribution in [0.5, 0.6) is 0 Å². The SMILES string of the molecule is CC(=O)[C@H]1[C@@H](c2ccc(C)cc2)C2(C(=O)c3ccccc3C2=O)[C@H]2C=Cc3cc(Cl)ccc3N12. The fourth-order valence-corrected chi connectivity index (χ4v) is 6.43. The zero-order valence-electron chi connectivity index (χ0n) is 18.8. The molecule has 5 heteroatoms. The van der Waals surface area contributed by atoms with Gasteiger partial charge in [-0.05, 0) is 43.2 Å². The first kappa shape index (κ1) is 21.1. The van der Waals surface area contributed by atoms with Crippen LogP contribution < -0.4 is 4.90 Å². The second kappa shape index (κ2) is 7.25. The molecule has 3 aliphatic rings. The summed E-state index contributed by atoms with van der Waals surface area (Å²) in [5, 5.41) is 0.589. The highest BCUT2D eigenvalue weighted by atomic mass is 35.5. The maximum atomic E-state index is 14.3. The van der Waals surface area contributed by atoms with E-state index >= 15 is 0 Å². The Hall–Kier alpha value is -3.50. The smallest absolute Gasteiger partial charge is 0.180 e. The molecule has 0 unspecified atom stereocenters. The van der Waals surface area contributed by atoms with Gasteiger partial charge in [0.05, 0.1) is 12.1 Å². The molecular weight excluding hydrogens is 446 g/mol. The first-order chi connectivity index (χ1) is 16.4. The van der Waals surface area contributed by atoms with Crippen molar-refractivity contribution in [1.82, 2.24) is 0 Å². The van der Waals surface area contributed by atoms with E-state index in [2.05, 4.69) is 0 Å². The van der Waals surface area contributed by atoms with Gasteiger partial charge in [-0.3, -0.25) is 14.4 Å². The van der Waals surface area contributed by atoms with Crippen LogP contribution in [0.25, 0.3) is 6.08 Å². The van der Waals surface area contributed by atoms with E-state index in [0.717, 1.165) is 22.4 Å². The van der Waals surface area contributed by atoms with E-state index in [0.29, 0.717) is 16.1 Å². The highest BCUT2D eigenvalue weighted by molar-refractivity contribution is 6.32. The summed E-state index contributed by atoms with van der Waals surface area (Å²) in [6, 6.07) is 19.1. The first-order valence-corrected chi connectivity index (χ1v) is 11.7. The normalized spacial score (nSPS) is 23.7. The lowest BCUT2D eigenvalue weighted by atomic mass is 9.64. The third kappa shape index (κ3) is 2.57. The molecule has 2 heterocycles. The molecule has 0 radical (unpaired) electrons. The Balaban J connectivity index is 1.68. The summed E-state index contributed by atoms with van der Waals surface area (Å²) in [7, 11) is 0. The van der Waals surface area contributed by atoms with Gasteiger partial charge in [0.2, 0.25) is 0 Å². The average Bonchev–Trinajstić information content (AvgIpc) is 3.26. The predicted molar refractivity (Wildman–Crippen MR) is 133 cm³/mol. The van der Waals surface area contributed by atoms with Crippen LogP contribution in [0.15, 0.2) is 72.8 Å². The number of benzene rings is 3. The summed E-state index contributed by atoms with van der Waals surface area (Å²) < 4.78 is 0. The maximum Gasteiger partial charge on any atom is 0.180 e. The van der Waals surface area contributed by atoms with Crippen LogP contribution in [0.4, 0.5) is 5.69 Å². The number of nitrogens with zero attached hydrogens (tertiary/aromatic N) is 1. The number of hydrogen-bond donors (Lipinski definition) is 0. The highest BCUT2D eigenvalue weighted by Gasteiger charge is 2.71. The van der Waals surface area contributed by atoms with Gasteiger partial charge in [-0.25, -0.2) is 0 Å². The number of aryl methyl sites for hydroxylation is 1. The van der Waals surface area contributed by atoms with Crippen LogP contribution in [0.2, 0.25) is 5.02 Å². The summed E-state index contributed by atoms with van der Waals surface area (Å²) in [5.74, 6) is -1.13. The molecule has 1 saturated heterocycles. The molecule has 1 aliphatic carbocycles. The molecule has 0 bridgehead atoms. The molecule has 4 nitrogen and oxygen atoms in total. The highest BCUT2D eigenvalue weighted by Crippen LogP contribution is 2.60. The summed E-state index contributed by atoms with van der Waals surface area (Å²) in [5.41, 5.74) is 3.00. The van der Waals surface area contributed by atoms with Gasteiger partial charge in [0, 0.05) is 27.8 Å². The van der Waals surface area contributed by atoms with Crippen molar-refractivity contribution < 1.29 is 14.4 Å². The monoisotopic (exact) mass is 467 g/mol. The number of hydrogen-bond acceptors (Lipinski definition) is 4. The van der Waals surface area contributed by atoms with Gasteiger partial charge in [-0.1, -0.05) is 77.8 Å². The molecule has 34 heavy (non-hydrogen) atoms. The maximum absolute atomic E-state index is 14.3. The number of Topliss-reactive ketones (excluding diaryl/α,β-unsaturated/α-hetero) is 3. The van der Waals surface area contributed by atoms with Crippen LogP contribution in [-0.4, -0.2) is 29.4 Å². The van der Waals surface area contributed by atoms with Crippen LogP contribution in [-0.2, 0) is 4.79 Å². The van der Waals surface area contributed by atoms with Gasteiger partial charge in [0.25, 0.3) is 0 Å². The van der Waals surface area contributed by atoms with Gasteiger partial charge >= 0.3 is 0 Å². The molecule has 0 aromatic heterocycles. The third-order valence-corrected chi connectivity index (χ3v) is 7.85. The molecule has 3 aromatic rings. The van der Waals surface area contributed by atoms with Gasteiger partial charge in [0.15, 0.2) is 17.3 Å². The molecule has 168 valence electrons. The number of rotatable bonds is 2. The Morgan fingerprint density at radius 1 is 0.941 bits per heavy atom. The van der Waals surface area contributed by atoms with Crippen molar-refractivity contribution in [2.75, 3.05) is 4.90 Å². The van der Waals surface area contributed by atoms with E-state index in [1.165, 1.54) is 0 Å². The number of carbonyl (C=O) groups is 3. The summed E-state index contributed by atoms with van der Waals surface area (Å²) in [6.45, 7) is 3.54. The standard InChI is InChI=1S/C29H22ClNO3/c1-16-7-9-18(10-8-16)25-26(17(2)32)31-23-13-12-20(30)15-19(23)11-14-24(31)29(25)27(33)21-5-3-4-6-22(21)28(29)34/h3-15,24-26H,1-2H3/t24-,25-,26+/m1/s1. The van der Waals surface area contributed by atoms with Gasteiger partial charge in [-0.2, -0.15) is 0 Å². The van der Waals surface area contributed by atoms with Crippen LogP contribution in [0.3, 0.4) is 0 Å². The van der Waals surface area contributed by atoms with E-state index in [9.17, 15) is 14.4 Å². The van der Waals surface area contributed by atoms with Crippen molar-refractivity contribution in [3.63, 3.8) is 0 Å². The van der Waals surface area contributed by atoms with Crippen molar-refractivity contribution in [3.8, 4) is 0 Å². The molecule has 0 amide bonds. The Labute approximate surface area is 202 Å². The number of ketones is 3. The van der Waals surface area contributed by atoms with E-state index in [4.69, 9.17) is 11.6 Å². The molecule has 3 atom stereocenters. The second-order valence-corrected chi connectivity index (χ2v) is 9.87. The van der Waals surface area contributed by atoms with E-state index in [1.807, 2.05) is 60.4 Å². The van der Waals surface area contributed by atoms with Crippen LogP contribution in [0.1, 0.15) is 50.2 Å². The summed E-state index contributed by atoms with van der Waals surface area (Å²) in [6.07, 6.45) is 3.83.